The summed E-state index contributed by atoms with van der Waals surface area (Å²) in [4.78, 5) is 0. The van der Waals surface area contributed by atoms with Crippen LogP contribution in [0.3, 0.4) is 0 Å². The van der Waals surface area contributed by atoms with Gasteiger partial charge in [-0.15, -0.1) is 0 Å². The van der Waals surface area contributed by atoms with E-state index in [9.17, 15) is 0 Å². The number of methoxy groups -OCH3 is 1. The Balaban J connectivity index is 2.89. The van der Waals surface area contributed by atoms with Crippen LogP contribution in [0.25, 0.3) is 6.08 Å². The van der Waals surface area contributed by atoms with Gasteiger partial charge < -0.3 is 9.84 Å². The minimum absolute atomic E-state index is 0.406. The van der Waals surface area contributed by atoms with Gasteiger partial charge in [0.05, 0.1) is 13.2 Å². The Bertz CT molecular complexity index is 327. The van der Waals surface area contributed by atoms with Crippen molar-refractivity contribution in [1.29, 1.82) is 0 Å². The molecule has 1 atom stereocenters. The second-order valence-corrected chi connectivity index (χ2v) is 3.32. The monoisotopic (exact) mass is 192 g/mol. The average molecular weight is 192 g/mol. The molecule has 2 heteroatoms. The highest BCUT2D eigenvalue weighted by molar-refractivity contribution is 5.55. The molecule has 2 nitrogen and oxygen atoms in total. The zero-order chi connectivity index (χ0) is 10.6. The van der Waals surface area contributed by atoms with E-state index in [0.29, 0.717) is 0 Å². The van der Waals surface area contributed by atoms with Crippen LogP contribution in [0.4, 0.5) is 0 Å². The molecule has 1 aromatic carbocycles. The maximum atomic E-state index is 9.09. The maximum Gasteiger partial charge on any atom is 0.119 e. The lowest BCUT2D eigenvalue weighted by Gasteiger charge is -2.04. The van der Waals surface area contributed by atoms with E-state index >= 15 is 0 Å². The molecule has 0 fully saturated rings. The number of rotatable bonds is 3. The molecule has 0 radical (unpaired) electrons. The highest BCUT2D eigenvalue weighted by Crippen LogP contribution is 2.17. The summed E-state index contributed by atoms with van der Waals surface area (Å²) in [5, 5.41) is 9.09. The molecule has 0 aromatic heterocycles. The van der Waals surface area contributed by atoms with E-state index in [2.05, 4.69) is 0 Å². The maximum absolute atomic E-state index is 9.09. The van der Waals surface area contributed by atoms with Gasteiger partial charge in [0.15, 0.2) is 0 Å². The highest BCUT2D eigenvalue weighted by Gasteiger charge is 1.97. The first-order valence-corrected chi connectivity index (χ1v) is 4.64. The summed E-state index contributed by atoms with van der Waals surface area (Å²) in [6, 6.07) is 5.86. The van der Waals surface area contributed by atoms with E-state index in [1.54, 1.807) is 20.1 Å². The molecular formula is C12H16O2. The van der Waals surface area contributed by atoms with Crippen LogP contribution < -0.4 is 4.74 Å². The van der Waals surface area contributed by atoms with Gasteiger partial charge in [0.2, 0.25) is 0 Å². The van der Waals surface area contributed by atoms with Crippen LogP contribution in [-0.2, 0) is 0 Å². The Labute approximate surface area is 84.8 Å². The van der Waals surface area contributed by atoms with Crippen molar-refractivity contribution >= 4 is 6.08 Å². The fourth-order valence-corrected chi connectivity index (χ4v) is 1.21. The first kappa shape index (κ1) is 10.8. The van der Waals surface area contributed by atoms with E-state index < -0.39 is 6.10 Å². The van der Waals surface area contributed by atoms with E-state index in [1.165, 1.54) is 0 Å². The van der Waals surface area contributed by atoms with Gasteiger partial charge in [0.25, 0.3) is 0 Å². The third kappa shape index (κ3) is 2.89. The predicted octanol–water partition coefficient (Wildman–Crippen LogP) is 2.40. The minimum Gasteiger partial charge on any atom is -0.497 e. The number of hydrogen-bond acceptors (Lipinski definition) is 2. The van der Waals surface area contributed by atoms with Gasteiger partial charge in [-0.25, -0.2) is 0 Å². The van der Waals surface area contributed by atoms with E-state index in [1.807, 2.05) is 31.2 Å². The lowest BCUT2D eigenvalue weighted by atomic mass is 10.1. The number of benzene rings is 1. The number of aliphatic hydroxyl groups excluding tert-OH is 1. The molecule has 1 aromatic rings. The molecule has 76 valence electrons. The van der Waals surface area contributed by atoms with Gasteiger partial charge in [-0.1, -0.05) is 18.2 Å². The van der Waals surface area contributed by atoms with Crippen molar-refractivity contribution in [2.75, 3.05) is 7.11 Å². The van der Waals surface area contributed by atoms with Crippen molar-refractivity contribution in [2.24, 2.45) is 0 Å². The van der Waals surface area contributed by atoms with E-state index in [4.69, 9.17) is 9.84 Å². The van der Waals surface area contributed by atoms with Crippen molar-refractivity contribution in [3.63, 3.8) is 0 Å². The van der Waals surface area contributed by atoms with E-state index in [-0.39, 0.29) is 0 Å². The summed E-state index contributed by atoms with van der Waals surface area (Å²) in [6.07, 6.45) is 3.27. The van der Waals surface area contributed by atoms with Crippen LogP contribution in [0.5, 0.6) is 5.75 Å². The Kier molecular flexibility index (Phi) is 3.72. The van der Waals surface area contributed by atoms with Crippen molar-refractivity contribution in [2.45, 2.75) is 20.0 Å². The molecule has 1 rings (SSSR count). The molecular weight excluding hydrogens is 176 g/mol. The van der Waals surface area contributed by atoms with Crippen LogP contribution in [0.15, 0.2) is 24.3 Å². The molecule has 0 saturated carbocycles. The average Bonchev–Trinajstić information content (AvgIpc) is 2.15. The summed E-state index contributed by atoms with van der Waals surface area (Å²) in [7, 11) is 1.65. The fourth-order valence-electron chi connectivity index (χ4n) is 1.21. The molecule has 0 saturated heterocycles. The number of aryl methyl sites for hydroxylation is 1. The third-order valence-corrected chi connectivity index (χ3v) is 2.03. The van der Waals surface area contributed by atoms with Crippen molar-refractivity contribution in [3.05, 3.63) is 35.4 Å². The lowest BCUT2D eigenvalue weighted by Crippen LogP contribution is -1.92. The highest BCUT2D eigenvalue weighted by atomic mass is 16.5. The predicted molar refractivity (Wildman–Crippen MR) is 58.4 cm³/mol. The second kappa shape index (κ2) is 4.82. The molecule has 0 amide bonds. The summed E-state index contributed by atoms with van der Waals surface area (Å²) in [5.41, 5.74) is 2.24. The Morgan fingerprint density at radius 3 is 2.64 bits per heavy atom. The number of aliphatic hydroxyl groups is 1. The van der Waals surface area contributed by atoms with Gasteiger partial charge in [-0.3, -0.25) is 0 Å². The largest absolute Gasteiger partial charge is 0.497 e. The van der Waals surface area contributed by atoms with Crippen molar-refractivity contribution in [3.8, 4) is 5.75 Å². The fraction of sp³-hybridized carbons (Fsp3) is 0.333. The summed E-state index contributed by atoms with van der Waals surface area (Å²) >= 11 is 0. The van der Waals surface area contributed by atoms with Gasteiger partial charge in [0.1, 0.15) is 5.75 Å². The van der Waals surface area contributed by atoms with Crippen LogP contribution >= 0.6 is 0 Å². The Hall–Kier alpha value is -1.28. The Morgan fingerprint density at radius 1 is 1.43 bits per heavy atom. The van der Waals surface area contributed by atoms with Crippen molar-refractivity contribution in [1.82, 2.24) is 0 Å². The van der Waals surface area contributed by atoms with Crippen LogP contribution in [0, 0.1) is 6.92 Å². The first-order valence-electron chi connectivity index (χ1n) is 4.64. The molecule has 0 spiro atoms. The van der Waals surface area contributed by atoms with Gasteiger partial charge in [0, 0.05) is 0 Å². The smallest absolute Gasteiger partial charge is 0.119 e. The third-order valence-electron chi connectivity index (χ3n) is 2.03. The normalized spacial score (nSPS) is 13.1. The Morgan fingerprint density at radius 2 is 2.14 bits per heavy atom. The molecule has 0 aliphatic carbocycles. The van der Waals surface area contributed by atoms with Gasteiger partial charge in [-0.05, 0) is 37.1 Å². The van der Waals surface area contributed by atoms with Crippen LogP contribution in [0.2, 0.25) is 0 Å². The molecule has 0 bridgehead atoms. The number of hydrogen-bond donors (Lipinski definition) is 1. The zero-order valence-electron chi connectivity index (χ0n) is 8.82. The molecule has 0 aliphatic heterocycles. The summed E-state index contributed by atoms with van der Waals surface area (Å²) < 4.78 is 5.10. The molecule has 1 unspecified atom stereocenters. The number of ether oxygens (including phenoxy) is 1. The standard InChI is InChI=1S/C12H16O2/c1-9-8-12(14-3)7-6-11(9)5-4-10(2)13/h4-8,10,13H,1-3H3. The molecule has 1 N–H and O–H groups in total. The molecule has 14 heavy (non-hydrogen) atoms. The summed E-state index contributed by atoms with van der Waals surface area (Å²) in [5.74, 6) is 0.858. The lowest BCUT2D eigenvalue weighted by molar-refractivity contribution is 0.245. The zero-order valence-corrected chi connectivity index (χ0v) is 8.82. The SMILES string of the molecule is COc1ccc(C=CC(C)O)c(C)c1. The minimum atomic E-state index is -0.406. The van der Waals surface area contributed by atoms with Crippen LogP contribution in [0.1, 0.15) is 18.1 Å². The molecule has 0 heterocycles. The van der Waals surface area contributed by atoms with E-state index in [0.717, 1.165) is 16.9 Å². The second-order valence-electron chi connectivity index (χ2n) is 3.32. The molecule has 0 aliphatic rings. The van der Waals surface area contributed by atoms with Gasteiger partial charge in [-0.2, -0.15) is 0 Å². The first-order chi connectivity index (χ1) is 6.63. The topological polar surface area (TPSA) is 29.5 Å². The van der Waals surface area contributed by atoms with Crippen molar-refractivity contribution < 1.29 is 9.84 Å². The van der Waals surface area contributed by atoms with Crippen LogP contribution in [-0.4, -0.2) is 18.3 Å². The summed E-state index contributed by atoms with van der Waals surface area (Å²) in [6.45, 7) is 3.75. The van der Waals surface area contributed by atoms with Gasteiger partial charge >= 0.3 is 0 Å². The quantitative estimate of drug-likeness (QED) is 0.796.